The maximum atomic E-state index is 5.88. The molecule has 0 atom stereocenters. The maximum absolute atomic E-state index is 5.88. The smallest absolute Gasteiger partial charge is 0.223 e. The first kappa shape index (κ1) is 14.4. The predicted molar refractivity (Wildman–Crippen MR) is 93.6 cm³/mol. The first-order valence-corrected chi connectivity index (χ1v) is 8.70. The molecule has 1 aliphatic heterocycles. The normalized spacial score (nSPS) is 27.8. The van der Waals surface area contributed by atoms with Crippen LogP contribution < -0.4 is 11.1 Å². The predicted octanol–water partition coefficient (Wildman–Crippen LogP) is 2.73. The molecule has 0 unspecified atom stereocenters. The molecule has 1 spiro atoms. The van der Waals surface area contributed by atoms with Crippen molar-refractivity contribution in [2.45, 2.75) is 43.7 Å². The summed E-state index contributed by atoms with van der Waals surface area (Å²) < 4.78 is 6.75. The maximum Gasteiger partial charge on any atom is 0.223 e. The number of ether oxygens (including phenoxy) is 1. The van der Waals surface area contributed by atoms with E-state index >= 15 is 0 Å². The van der Waals surface area contributed by atoms with Gasteiger partial charge in [0.15, 0.2) is 0 Å². The first-order valence-electron chi connectivity index (χ1n) is 7.62. The minimum absolute atomic E-state index is 0.192. The van der Waals surface area contributed by atoms with Crippen molar-refractivity contribution >= 4 is 45.3 Å². The summed E-state index contributed by atoms with van der Waals surface area (Å²) >= 11 is 2.23. The second-order valence-corrected chi connectivity index (χ2v) is 7.31. The highest BCUT2D eigenvalue weighted by Gasteiger charge is 2.41. The second-order valence-electron chi connectivity index (χ2n) is 6.15. The number of hydrogen-bond acceptors (Lipinski definition) is 6. The summed E-state index contributed by atoms with van der Waals surface area (Å²) in [6, 6.07) is 0.420. The zero-order valence-electron chi connectivity index (χ0n) is 12.2. The molecular weight excluding hydrogens is 393 g/mol. The quantitative estimate of drug-likeness (QED) is 0.740. The summed E-state index contributed by atoms with van der Waals surface area (Å²) in [6.07, 6.45) is 9.20. The number of hydrogen-bond donors (Lipinski definition) is 2. The van der Waals surface area contributed by atoms with Crippen molar-refractivity contribution in [1.29, 1.82) is 0 Å². The summed E-state index contributed by atoms with van der Waals surface area (Å²) in [4.78, 5) is 13.2. The average molecular weight is 411 g/mol. The van der Waals surface area contributed by atoms with Crippen LogP contribution in [0.15, 0.2) is 12.4 Å². The zero-order chi connectivity index (χ0) is 15.2. The van der Waals surface area contributed by atoms with E-state index in [1.165, 1.54) is 6.42 Å². The van der Waals surface area contributed by atoms with Gasteiger partial charge in [-0.3, -0.25) is 0 Å². The topological polar surface area (TPSA) is 86.0 Å². The third kappa shape index (κ3) is 2.50. The number of aromatic nitrogens is 3. The van der Waals surface area contributed by atoms with Crippen molar-refractivity contribution in [2.75, 3.05) is 17.7 Å². The van der Waals surface area contributed by atoms with Gasteiger partial charge in [-0.15, -0.1) is 0 Å². The van der Waals surface area contributed by atoms with Gasteiger partial charge in [0.05, 0.1) is 26.7 Å². The largest absolute Gasteiger partial charge is 0.383 e. The molecule has 1 aliphatic carbocycles. The van der Waals surface area contributed by atoms with Gasteiger partial charge in [0.2, 0.25) is 5.95 Å². The molecule has 2 aromatic heterocycles. The number of nitrogen functional groups attached to an aromatic ring is 1. The number of pyridine rings is 1. The monoisotopic (exact) mass is 411 g/mol. The lowest BCUT2D eigenvalue weighted by Gasteiger charge is -2.46. The van der Waals surface area contributed by atoms with Crippen molar-refractivity contribution in [2.24, 2.45) is 0 Å². The van der Waals surface area contributed by atoms with Crippen LogP contribution in [-0.2, 0) is 4.74 Å². The van der Waals surface area contributed by atoms with Gasteiger partial charge in [-0.1, -0.05) is 0 Å². The van der Waals surface area contributed by atoms with Crippen molar-refractivity contribution in [3.63, 3.8) is 0 Å². The summed E-state index contributed by atoms with van der Waals surface area (Å²) in [6.45, 7) is 0.930. The number of nitrogens with two attached hydrogens (primary N) is 1. The van der Waals surface area contributed by atoms with Crippen LogP contribution in [-0.4, -0.2) is 33.2 Å². The molecule has 7 heteroatoms. The molecule has 3 heterocycles. The van der Waals surface area contributed by atoms with Crippen LogP contribution in [0.2, 0.25) is 0 Å². The molecule has 0 radical (unpaired) electrons. The number of rotatable bonds is 2. The number of fused-ring (bicyclic) bond motifs is 1. The van der Waals surface area contributed by atoms with Gasteiger partial charge in [-0.05, 0) is 54.7 Å². The van der Waals surface area contributed by atoms with Gasteiger partial charge < -0.3 is 15.8 Å². The van der Waals surface area contributed by atoms with E-state index in [-0.39, 0.29) is 5.60 Å². The van der Waals surface area contributed by atoms with E-state index in [1.54, 1.807) is 12.4 Å². The molecule has 2 aromatic rings. The average Bonchev–Trinajstić information content (AvgIpc) is 2.50. The SMILES string of the molecule is Nc1ncc(I)c2nc(NC3CCC4(CCO4)CC3)ncc12. The fourth-order valence-corrected chi connectivity index (χ4v) is 3.88. The standard InChI is InChI=1S/C15H18IN5O/c16-11-8-18-13(17)10-7-19-14(21-12(10)11)20-9-1-3-15(4-2-9)5-6-22-15/h7-9H,1-6H2,(H2,17,18)(H,19,20,21). The van der Waals surface area contributed by atoms with E-state index in [9.17, 15) is 0 Å². The van der Waals surface area contributed by atoms with E-state index in [2.05, 4.69) is 42.9 Å². The van der Waals surface area contributed by atoms with Crippen LogP contribution in [0.1, 0.15) is 32.1 Å². The Bertz CT molecular complexity index is 708. The second kappa shape index (κ2) is 5.45. The van der Waals surface area contributed by atoms with Crippen molar-refractivity contribution in [3.05, 3.63) is 16.0 Å². The van der Waals surface area contributed by atoms with Crippen molar-refractivity contribution in [3.8, 4) is 0 Å². The molecule has 2 aliphatic rings. The van der Waals surface area contributed by atoms with Gasteiger partial charge in [-0.25, -0.2) is 15.0 Å². The van der Waals surface area contributed by atoms with Crippen LogP contribution in [0.5, 0.6) is 0 Å². The molecule has 2 fully saturated rings. The van der Waals surface area contributed by atoms with Crippen LogP contribution in [0.25, 0.3) is 10.9 Å². The lowest BCUT2D eigenvalue weighted by molar-refractivity contribution is -0.165. The number of nitrogens with one attached hydrogen (secondary N) is 1. The van der Waals surface area contributed by atoms with Gasteiger partial charge in [0, 0.05) is 18.4 Å². The zero-order valence-corrected chi connectivity index (χ0v) is 14.3. The number of halogens is 1. The van der Waals surface area contributed by atoms with Crippen molar-refractivity contribution in [1.82, 2.24) is 15.0 Å². The molecule has 1 saturated carbocycles. The molecule has 3 N–H and O–H groups in total. The molecule has 22 heavy (non-hydrogen) atoms. The summed E-state index contributed by atoms with van der Waals surface area (Å²) in [7, 11) is 0. The summed E-state index contributed by atoms with van der Waals surface area (Å²) in [5.41, 5.74) is 6.94. The van der Waals surface area contributed by atoms with Gasteiger partial charge >= 0.3 is 0 Å². The Kier molecular flexibility index (Phi) is 3.56. The van der Waals surface area contributed by atoms with Crippen LogP contribution in [0.4, 0.5) is 11.8 Å². The van der Waals surface area contributed by atoms with E-state index < -0.39 is 0 Å². The molecule has 1 saturated heterocycles. The number of nitrogens with zero attached hydrogens (tertiary/aromatic N) is 3. The van der Waals surface area contributed by atoms with E-state index in [4.69, 9.17) is 10.5 Å². The Morgan fingerprint density at radius 3 is 2.68 bits per heavy atom. The van der Waals surface area contributed by atoms with E-state index in [0.717, 1.165) is 46.8 Å². The van der Waals surface area contributed by atoms with Gasteiger partial charge in [-0.2, -0.15) is 0 Å². The molecule has 0 bridgehead atoms. The molecule has 0 aromatic carbocycles. The Hall–Kier alpha value is -1.22. The summed E-state index contributed by atoms with van der Waals surface area (Å²) in [5.74, 6) is 1.15. The van der Waals surface area contributed by atoms with Gasteiger partial charge in [0.1, 0.15) is 5.82 Å². The Balaban J connectivity index is 1.51. The third-order valence-electron chi connectivity index (χ3n) is 4.80. The van der Waals surface area contributed by atoms with Crippen LogP contribution in [0.3, 0.4) is 0 Å². The van der Waals surface area contributed by atoms with Crippen molar-refractivity contribution < 1.29 is 4.74 Å². The Morgan fingerprint density at radius 1 is 1.23 bits per heavy atom. The highest BCUT2D eigenvalue weighted by atomic mass is 127. The van der Waals surface area contributed by atoms with Crippen LogP contribution >= 0.6 is 22.6 Å². The molecular formula is C15H18IN5O. The Labute approximate surface area is 142 Å². The number of anilines is 2. The third-order valence-corrected chi connectivity index (χ3v) is 5.59. The molecule has 0 amide bonds. The molecule has 6 nitrogen and oxygen atoms in total. The fraction of sp³-hybridized carbons (Fsp3) is 0.533. The Morgan fingerprint density at radius 2 is 2.00 bits per heavy atom. The van der Waals surface area contributed by atoms with Gasteiger partial charge in [0.25, 0.3) is 0 Å². The lowest BCUT2D eigenvalue weighted by atomic mass is 9.77. The fourth-order valence-electron chi connectivity index (χ4n) is 3.33. The molecule has 4 rings (SSSR count). The molecule has 116 valence electrons. The lowest BCUT2D eigenvalue weighted by Crippen LogP contribution is -2.48. The first-order chi connectivity index (χ1) is 10.7. The van der Waals surface area contributed by atoms with E-state index in [1.807, 2.05) is 0 Å². The van der Waals surface area contributed by atoms with Crippen LogP contribution in [0, 0.1) is 3.57 Å². The summed E-state index contributed by atoms with van der Waals surface area (Å²) in [5, 5.41) is 4.27. The minimum Gasteiger partial charge on any atom is -0.383 e. The minimum atomic E-state index is 0.192. The highest BCUT2D eigenvalue weighted by molar-refractivity contribution is 14.1. The highest BCUT2D eigenvalue weighted by Crippen LogP contribution is 2.40. The van der Waals surface area contributed by atoms with E-state index in [0.29, 0.717) is 17.8 Å².